The van der Waals surface area contributed by atoms with Gasteiger partial charge in [0.15, 0.2) is 9.84 Å². The van der Waals surface area contributed by atoms with Crippen molar-refractivity contribution >= 4 is 31.5 Å². The van der Waals surface area contributed by atoms with Crippen LogP contribution in [0.2, 0.25) is 5.02 Å². The zero-order chi connectivity index (χ0) is 18.1. The zero-order valence-corrected chi connectivity index (χ0v) is 15.8. The van der Waals surface area contributed by atoms with E-state index in [4.69, 9.17) is 11.6 Å². The lowest BCUT2D eigenvalue weighted by Crippen LogP contribution is -2.33. The van der Waals surface area contributed by atoms with E-state index in [1.54, 1.807) is 36.4 Å². The van der Waals surface area contributed by atoms with Gasteiger partial charge in [0.2, 0.25) is 10.0 Å². The number of benzene rings is 2. The molecule has 0 amide bonds. The van der Waals surface area contributed by atoms with Crippen LogP contribution in [0.5, 0.6) is 0 Å². The summed E-state index contributed by atoms with van der Waals surface area (Å²) < 4.78 is 52.2. The lowest BCUT2D eigenvalue weighted by atomic mass is 10.1. The highest BCUT2D eigenvalue weighted by Gasteiger charge is 2.36. The molecule has 0 radical (unpaired) electrons. The molecular weight excluding hydrogens is 382 g/mol. The summed E-state index contributed by atoms with van der Waals surface area (Å²) in [5.74, 6) is -0.212. The summed E-state index contributed by atoms with van der Waals surface area (Å²) >= 11 is 6.03. The molecule has 134 valence electrons. The summed E-state index contributed by atoms with van der Waals surface area (Å²) in [6.45, 7) is 0.0611. The molecule has 0 unspecified atom stereocenters. The summed E-state index contributed by atoms with van der Waals surface area (Å²) in [6.07, 6.45) is 0.218. The van der Waals surface area contributed by atoms with E-state index in [1.807, 2.05) is 6.07 Å². The van der Waals surface area contributed by atoms with Crippen molar-refractivity contribution in [1.82, 2.24) is 4.31 Å². The number of rotatable bonds is 3. The van der Waals surface area contributed by atoms with Crippen LogP contribution in [0.15, 0.2) is 59.5 Å². The van der Waals surface area contributed by atoms with Crippen molar-refractivity contribution in [2.75, 3.05) is 18.8 Å². The topological polar surface area (TPSA) is 71.5 Å². The highest BCUT2D eigenvalue weighted by molar-refractivity contribution is 7.92. The molecule has 0 saturated carbocycles. The molecule has 25 heavy (non-hydrogen) atoms. The smallest absolute Gasteiger partial charge is 0.228 e. The third-order valence-corrected chi connectivity index (χ3v) is 8.85. The summed E-state index contributed by atoms with van der Waals surface area (Å²) in [6, 6.07) is 15.1. The van der Waals surface area contributed by atoms with Gasteiger partial charge in [-0.25, -0.2) is 16.8 Å². The van der Waals surface area contributed by atoms with Gasteiger partial charge in [0.25, 0.3) is 0 Å². The molecule has 0 N–H and O–H groups in total. The van der Waals surface area contributed by atoms with Gasteiger partial charge in [-0.05, 0) is 24.1 Å². The monoisotopic (exact) mass is 399 g/mol. The minimum atomic E-state index is -3.83. The Labute approximate surface area is 153 Å². The third kappa shape index (κ3) is 3.74. The van der Waals surface area contributed by atoms with Crippen molar-refractivity contribution < 1.29 is 16.8 Å². The molecule has 2 aromatic carbocycles. The van der Waals surface area contributed by atoms with Crippen LogP contribution < -0.4 is 0 Å². The van der Waals surface area contributed by atoms with Crippen LogP contribution in [0.25, 0.3) is 0 Å². The van der Waals surface area contributed by atoms with E-state index in [9.17, 15) is 16.8 Å². The van der Waals surface area contributed by atoms with Crippen molar-refractivity contribution in [3.8, 4) is 0 Å². The fraction of sp³-hybridized carbons (Fsp3) is 0.294. The zero-order valence-electron chi connectivity index (χ0n) is 13.4. The van der Waals surface area contributed by atoms with E-state index in [1.165, 1.54) is 16.4 Å². The van der Waals surface area contributed by atoms with E-state index >= 15 is 0 Å². The van der Waals surface area contributed by atoms with Crippen molar-refractivity contribution in [3.63, 3.8) is 0 Å². The number of hydrogen-bond donors (Lipinski definition) is 0. The number of halogens is 1. The molecule has 2 aromatic rings. The van der Waals surface area contributed by atoms with Gasteiger partial charge in [-0.2, -0.15) is 4.31 Å². The number of hydrogen-bond acceptors (Lipinski definition) is 4. The SMILES string of the molecule is O=S1(=O)CCN(S(=O)(=O)c2ccccc2Cl)CC[C@@H]1c1ccccc1. The molecular formula is C17H18ClNO4S2. The maximum Gasteiger partial charge on any atom is 0.244 e. The molecule has 3 rings (SSSR count). The first-order valence-corrected chi connectivity index (χ1v) is 11.4. The van der Waals surface area contributed by atoms with E-state index in [0.29, 0.717) is 5.56 Å². The highest BCUT2D eigenvalue weighted by atomic mass is 35.5. The van der Waals surface area contributed by atoms with Crippen LogP contribution in [0, 0.1) is 0 Å². The van der Waals surface area contributed by atoms with Crippen LogP contribution in [0.4, 0.5) is 0 Å². The molecule has 1 saturated heterocycles. The van der Waals surface area contributed by atoms with Crippen molar-refractivity contribution in [2.45, 2.75) is 16.6 Å². The average Bonchev–Trinajstić information content (AvgIpc) is 2.74. The lowest BCUT2D eigenvalue weighted by molar-refractivity contribution is 0.428. The summed E-state index contributed by atoms with van der Waals surface area (Å²) in [5, 5.41) is -0.561. The second-order valence-electron chi connectivity index (χ2n) is 5.89. The lowest BCUT2D eigenvalue weighted by Gasteiger charge is -2.20. The Morgan fingerprint density at radius 1 is 0.960 bits per heavy atom. The Bertz CT molecular complexity index is 959. The van der Waals surface area contributed by atoms with Gasteiger partial charge in [0.05, 0.1) is 16.0 Å². The largest absolute Gasteiger partial charge is 0.244 e. The van der Waals surface area contributed by atoms with Crippen LogP contribution >= 0.6 is 11.6 Å². The molecule has 1 aliphatic rings. The molecule has 5 nitrogen and oxygen atoms in total. The van der Waals surface area contributed by atoms with Crippen molar-refractivity contribution in [3.05, 3.63) is 65.2 Å². The third-order valence-electron chi connectivity index (χ3n) is 4.33. The van der Waals surface area contributed by atoms with Gasteiger partial charge in [-0.3, -0.25) is 0 Å². The second kappa shape index (κ2) is 7.07. The van der Waals surface area contributed by atoms with Gasteiger partial charge in [-0.1, -0.05) is 54.1 Å². The number of sulfonamides is 1. The van der Waals surface area contributed by atoms with Crippen LogP contribution in [-0.2, 0) is 19.9 Å². The Morgan fingerprint density at radius 2 is 1.60 bits per heavy atom. The molecule has 8 heteroatoms. The van der Waals surface area contributed by atoms with Gasteiger partial charge in [-0.15, -0.1) is 0 Å². The predicted molar refractivity (Wildman–Crippen MR) is 97.8 cm³/mol. The molecule has 0 spiro atoms. The van der Waals surface area contributed by atoms with E-state index < -0.39 is 25.1 Å². The standard InChI is InChI=1S/C17H18ClNO4S2/c18-15-8-4-5-9-17(15)25(22,23)19-11-10-16(24(20,21)13-12-19)14-6-2-1-3-7-14/h1-9,16H,10-13H2/t16-/m1/s1. The molecule has 1 atom stereocenters. The molecule has 0 aliphatic carbocycles. The Kier molecular flexibility index (Phi) is 5.20. The quantitative estimate of drug-likeness (QED) is 0.795. The molecule has 0 aromatic heterocycles. The molecule has 1 heterocycles. The minimum absolute atomic E-state index is 0.00669. The predicted octanol–water partition coefficient (Wildman–Crippen LogP) is 2.89. The maximum absolute atomic E-state index is 12.9. The minimum Gasteiger partial charge on any atom is -0.228 e. The first-order valence-electron chi connectivity index (χ1n) is 7.83. The van der Waals surface area contributed by atoms with Gasteiger partial charge in [0.1, 0.15) is 4.90 Å². The van der Waals surface area contributed by atoms with Gasteiger partial charge >= 0.3 is 0 Å². The maximum atomic E-state index is 12.9. The Balaban J connectivity index is 1.92. The fourth-order valence-electron chi connectivity index (χ4n) is 3.00. The van der Waals surface area contributed by atoms with Crippen LogP contribution in [-0.4, -0.2) is 40.0 Å². The van der Waals surface area contributed by atoms with E-state index in [-0.39, 0.29) is 35.2 Å². The van der Waals surface area contributed by atoms with E-state index in [0.717, 1.165) is 0 Å². The average molecular weight is 400 g/mol. The van der Waals surface area contributed by atoms with Crippen molar-refractivity contribution in [2.24, 2.45) is 0 Å². The molecule has 1 aliphatic heterocycles. The normalized spacial score (nSPS) is 21.6. The summed E-state index contributed by atoms with van der Waals surface area (Å²) in [4.78, 5) is 0.00669. The number of sulfone groups is 1. The first kappa shape index (κ1) is 18.4. The Hall–Kier alpha value is -1.41. The van der Waals surface area contributed by atoms with E-state index in [2.05, 4.69) is 0 Å². The second-order valence-corrected chi connectivity index (χ2v) is 10.5. The van der Waals surface area contributed by atoms with Crippen LogP contribution in [0.3, 0.4) is 0 Å². The van der Waals surface area contributed by atoms with Crippen molar-refractivity contribution in [1.29, 1.82) is 0 Å². The summed E-state index contributed by atoms with van der Waals surface area (Å²) in [7, 11) is -7.27. The van der Waals surface area contributed by atoms with Crippen LogP contribution in [0.1, 0.15) is 17.2 Å². The Morgan fingerprint density at radius 3 is 2.28 bits per heavy atom. The molecule has 0 bridgehead atoms. The fourth-order valence-corrected chi connectivity index (χ4v) is 6.86. The van der Waals surface area contributed by atoms with Gasteiger partial charge < -0.3 is 0 Å². The number of nitrogens with zero attached hydrogens (tertiary/aromatic N) is 1. The summed E-state index contributed by atoms with van der Waals surface area (Å²) in [5.41, 5.74) is 0.694. The molecule has 1 fully saturated rings. The van der Waals surface area contributed by atoms with Gasteiger partial charge in [0, 0.05) is 13.1 Å². The first-order chi connectivity index (χ1) is 11.8. The highest BCUT2D eigenvalue weighted by Crippen LogP contribution is 2.32.